The fraction of sp³-hybridized carbons (Fsp3) is 0.296. The standard InChI is InChI=1S/C27H29FN2O4/c1-3-33-26-10-5-4-9-24(26)29-27(31)30-13-14-34-25-12-11-21(16-23(25)19(30)2)18-32-17-20-7-6-8-22(28)15-20/h4-12,15-16,19H,3,13-14,17-18H2,1-2H3,(H,29,31)/t19-/m0/s1. The molecule has 3 aromatic rings. The Morgan fingerprint density at radius 2 is 1.88 bits per heavy atom. The smallest absolute Gasteiger partial charge is 0.322 e. The number of carbonyl (C=O) groups excluding carboxylic acids is 1. The lowest BCUT2D eigenvalue weighted by atomic mass is 10.0. The van der Waals surface area contributed by atoms with Gasteiger partial charge in [-0.3, -0.25) is 0 Å². The van der Waals surface area contributed by atoms with E-state index in [9.17, 15) is 9.18 Å². The summed E-state index contributed by atoms with van der Waals surface area (Å²) in [6, 6.07) is 19.2. The zero-order chi connectivity index (χ0) is 23.9. The van der Waals surface area contributed by atoms with Gasteiger partial charge in [-0.25, -0.2) is 9.18 Å². The number of benzene rings is 3. The third-order valence-corrected chi connectivity index (χ3v) is 5.70. The minimum absolute atomic E-state index is 0.208. The summed E-state index contributed by atoms with van der Waals surface area (Å²) in [5.41, 5.74) is 3.28. The van der Waals surface area contributed by atoms with Gasteiger partial charge in [0.05, 0.1) is 38.1 Å². The molecule has 0 saturated carbocycles. The van der Waals surface area contributed by atoms with Gasteiger partial charge in [0.15, 0.2) is 0 Å². The molecule has 1 aliphatic rings. The second-order valence-corrected chi connectivity index (χ2v) is 8.07. The van der Waals surface area contributed by atoms with Crippen LogP contribution in [0.1, 0.15) is 36.6 Å². The number of anilines is 1. The minimum Gasteiger partial charge on any atom is -0.492 e. The molecule has 1 atom stereocenters. The lowest BCUT2D eigenvalue weighted by Gasteiger charge is -2.28. The number of para-hydroxylation sites is 2. The van der Waals surface area contributed by atoms with Crippen molar-refractivity contribution in [1.82, 2.24) is 4.90 Å². The third kappa shape index (κ3) is 5.66. The number of carbonyl (C=O) groups is 1. The van der Waals surface area contributed by atoms with Crippen LogP contribution in [0, 0.1) is 5.82 Å². The van der Waals surface area contributed by atoms with Gasteiger partial charge in [0.2, 0.25) is 0 Å². The molecule has 4 rings (SSSR count). The summed E-state index contributed by atoms with van der Waals surface area (Å²) < 4.78 is 30.7. The Labute approximate surface area is 199 Å². The average Bonchev–Trinajstić information content (AvgIpc) is 2.99. The first-order valence-corrected chi connectivity index (χ1v) is 11.4. The summed E-state index contributed by atoms with van der Waals surface area (Å²) in [5, 5.41) is 2.98. The first-order chi connectivity index (χ1) is 16.5. The Balaban J connectivity index is 1.45. The van der Waals surface area contributed by atoms with Crippen LogP contribution in [0.25, 0.3) is 0 Å². The Kier molecular flexibility index (Phi) is 7.65. The van der Waals surface area contributed by atoms with E-state index in [1.165, 1.54) is 12.1 Å². The largest absolute Gasteiger partial charge is 0.492 e. The quantitative estimate of drug-likeness (QED) is 0.471. The van der Waals surface area contributed by atoms with Gasteiger partial charge < -0.3 is 24.4 Å². The highest BCUT2D eigenvalue weighted by Crippen LogP contribution is 2.34. The highest BCUT2D eigenvalue weighted by Gasteiger charge is 2.27. The number of halogens is 1. The molecule has 0 unspecified atom stereocenters. The van der Waals surface area contributed by atoms with Gasteiger partial charge in [-0.15, -0.1) is 0 Å². The molecule has 0 fully saturated rings. The van der Waals surface area contributed by atoms with Crippen LogP contribution in [0.5, 0.6) is 11.5 Å². The molecule has 0 saturated heterocycles. The van der Waals surface area contributed by atoms with Gasteiger partial charge >= 0.3 is 6.03 Å². The number of hydrogen-bond acceptors (Lipinski definition) is 4. The normalized spacial score (nSPS) is 15.1. The van der Waals surface area contributed by atoms with Crippen LogP contribution in [0.3, 0.4) is 0 Å². The molecule has 0 bridgehead atoms. The van der Waals surface area contributed by atoms with Crippen molar-refractivity contribution in [3.8, 4) is 11.5 Å². The van der Waals surface area contributed by atoms with Crippen LogP contribution in [0.15, 0.2) is 66.7 Å². The van der Waals surface area contributed by atoms with E-state index in [4.69, 9.17) is 14.2 Å². The minimum atomic E-state index is -0.278. The summed E-state index contributed by atoms with van der Waals surface area (Å²) in [7, 11) is 0. The highest BCUT2D eigenvalue weighted by molar-refractivity contribution is 5.91. The number of nitrogens with one attached hydrogen (secondary N) is 1. The van der Waals surface area contributed by atoms with Crippen molar-refractivity contribution < 1.29 is 23.4 Å². The van der Waals surface area contributed by atoms with Crippen LogP contribution in [-0.2, 0) is 18.0 Å². The van der Waals surface area contributed by atoms with E-state index in [0.29, 0.717) is 44.4 Å². The Morgan fingerprint density at radius 3 is 2.68 bits per heavy atom. The van der Waals surface area contributed by atoms with Crippen LogP contribution >= 0.6 is 0 Å². The van der Waals surface area contributed by atoms with Crippen LogP contribution < -0.4 is 14.8 Å². The highest BCUT2D eigenvalue weighted by atomic mass is 19.1. The van der Waals surface area contributed by atoms with E-state index in [1.54, 1.807) is 11.0 Å². The Hall–Kier alpha value is -3.58. The molecule has 178 valence electrons. The van der Waals surface area contributed by atoms with Gasteiger partial charge in [-0.2, -0.15) is 0 Å². The zero-order valence-corrected chi connectivity index (χ0v) is 19.4. The second kappa shape index (κ2) is 11.0. The van der Waals surface area contributed by atoms with Gasteiger partial charge in [0.1, 0.15) is 23.9 Å². The summed E-state index contributed by atoms with van der Waals surface area (Å²) in [6.07, 6.45) is 0. The van der Waals surface area contributed by atoms with E-state index in [-0.39, 0.29) is 17.9 Å². The molecule has 2 amide bonds. The van der Waals surface area contributed by atoms with Crippen molar-refractivity contribution in [2.24, 2.45) is 0 Å². The maximum absolute atomic E-state index is 13.4. The van der Waals surface area contributed by atoms with Crippen molar-refractivity contribution in [1.29, 1.82) is 0 Å². The Bertz CT molecular complexity index is 1140. The second-order valence-electron chi connectivity index (χ2n) is 8.07. The average molecular weight is 465 g/mol. The molecule has 1 N–H and O–H groups in total. The summed E-state index contributed by atoms with van der Waals surface area (Å²) >= 11 is 0. The monoisotopic (exact) mass is 464 g/mol. The van der Waals surface area contributed by atoms with E-state index in [2.05, 4.69) is 5.32 Å². The number of ether oxygens (including phenoxy) is 3. The number of hydrogen-bond donors (Lipinski definition) is 1. The number of rotatable bonds is 7. The lowest BCUT2D eigenvalue weighted by molar-refractivity contribution is 0.107. The molecular formula is C27H29FN2O4. The molecule has 0 aliphatic carbocycles. The summed E-state index contributed by atoms with van der Waals surface area (Å²) in [4.78, 5) is 14.9. The first-order valence-electron chi connectivity index (χ1n) is 11.4. The van der Waals surface area contributed by atoms with Crippen molar-refractivity contribution in [3.63, 3.8) is 0 Å². The first kappa shape index (κ1) is 23.6. The molecule has 3 aromatic carbocycles. The molecule has 6 nitrogen and oxygen atoms in total. The maximum Gasteiger partial charge on any atom is 0.322 e. The van der Waals surface area contributed by atoms with Crippen molar-refractivity contribution in [2.45, 2.75) is 33.1 Å². The zero-order valence-electron chi connectivity index (χ0n) is 19.4. The molecule has 1 heterocycles. The summed E-state index contributed by atoms with van der Waals surface area (Å²) in [6.45, 7) is 5.93. The molecule has 0 spiro atoms. The lowest BCUT2D eigenvalue weighted by Crippen LogP contribution is -2.38. The molecule has 0 radical (unpaired) electrons. The molecule has 7 heteroatoms. The van der Waals surface area contributed by atoms with E-state index in [1.807, 2.05) is 62.4 Å². The van der Waals surface area contributed by atoms with E-state index < -0.39 is 0 Å². The van der Waals surface area contributed by atoms with Crippen LogP contribution in [-0.4, -0.2) is 30.7 Å². The molecule has 0 aromatic heterocycles. The number of nitrogens with zero attached hydrogens (tertiary/aromatic N) is 1. The van der Waals surface area contributed by atoms with Crippen molar-refractivity contribution in [3.05, 3.63) is 89.2 Å². The number of amides is 2. The summed E-state index contributed by atoms with van der Waals surface area (Å²) in [5.74, 6) is 1.11. The SMILES string of the molecule is CCOc1ccccc1NC(=O)N1CCOc2ccc(COCc3cccc(F)c3)cc2[C@@H]1C. The number of urea groups is 1. The Morgan fingerprint density at radius 1 is 1.09 bits per heavy atom. The molecule has 34 heavy (non-hydrogen) atoms. The third-order valence-electron chi connectivity index (χ3n) is 5.70. The van der Waals surface area contributed by atoms with Gasteiger partial charge in [-0.1, -0.05) is 30.3 Å². The molecular weight excluding hydrogens is 435 g/mol. The van der Waals surface area contributed by atoms with Gasteiger partial charge in [0, 0.05) is 5.56 Å². The van der Waals surface area contributed by atoms with Crippen LogP contribution in [0.4, 0.5) is 14.9 Å². The maximum atomic E-state index is 13.4. The van der Waals surface area contributed by atoms with E-state index in [0.717, 1.165) is 22.4 Å². The fourth-order valence-corrected chi connectivity index (χ4v) is 3.99. The van der Waals surface area contributed by atoms with E-state index >= 15 is 0 Å². The number of fused-ring (bicyclic) bond motifs is 1. The predicted octanol–water partition coefficient (Wildman–Crippen LogP) is 5.93. The predicted molar refractivity (Wildman–Crippen MR) is 129 cm³/mol. The van der Waals surface area contributed by atoms with Gasteiger partial charge in [-0.05, 0) is 61.4 Å². The van der Waals surface area contributed by atoms with Crippen molar-refractivity contribution >= 4 is 11.7 Å². The van der Waals surface area contributed by atoms with Crippen LogP contribution in [0.2, 0.25) is 0 Å². The topological polar surface area (TPSA) is 60.0 Å². The fourth-order valence-electron chi connectivity index (χ4n) is 3.99. The van der Waals surface area contributed by atoms with Gasteiger partial charge in [0.25, 0.3) is 0 Å². The molecule has 1 aliphatic heterocycles. The van der Waals surface area contributed by atoms with Crippen molar-refractivity contribution in [2.75, 3.05) is 25.1 Å².